The number of nitrogens with one attached hydrogen (secondary N) is 1. The van der Waals surface area contributed by atoms with E-state index in [0.29, 0.717) is 13.0 Å². The number of carbonyl (C=O) groups excluding carboxylic acids is 1. The number of aryl methyl sites for hydroxylation is 2. The summed E-state index contributed by atoms with van der Waals surface area (Å²) in [4.78, 5) is 11.9. The monoisotopic (exact) mass is 350 g/mol. The number of benzene rings is 1. The van der Waals surface area contributed by atoms with Gasteiger partial charge in [-0.25, -0.2) is 4.57 Å². The highest BCUT2D eigenvalue weighted by atomic mass is 79.9. The standard InChI is InChI=1S/C16H18N2O2.BrH/c1-13-7-10-18(11-8-13)12-9-16(19)17-14-3-5-15(20-2)6-4-14;/h3-8,10-11H,9,12H2,1-2H3;1H. The number of pyridine rings is 1. The van der Waals surface area contributed by atoms with E-state index in [1.807, 2.05) is 60.3 Å². The van der Waals surface area contributed by atoms with Crippen LogP contribution in [0.15, 0.2) is 48.8 Å². The van der Waals surface area contributed by atoms with Gasteiger partial charge in [-0.2, -0.15) is 0 Å². The van der Waals surface area contributed by atoms with Gasteiger partial charge in [-0.05, 0) is 36.8 Å². The highest BCUT2D eigenvalue weighted by Crippen LogP contribution is 2.14. The summed E-state index contributed by atoms with van der Waals surface area (Å²) < 4.78 is 7.07. The molecule has 0 spiro atoms. The normalized spacial score (nSPS) is 9.62. The number of nitrogens with zero attached hydrogens (tertiary/aromatic N) is 1. The van der Waals surface area contributed by atoms with E-state index >= 15 is 0 Å². The lowest BCUT2D eigenvalue weighted by Crippen LogP contribution is -3.00. The lowest BCUT2D eigenvalue weighted by Gasteiger charge is -2.05. The maximum atomic E-state index is 11.9. The van der Waals surface area contributed by atoms with Crippen LogP contribution in [-0.4, -0.2) is 13.0 Å². The summed E-state index contributed by atoms with van der Waals surface area (Å²) in [6, 6.07) is 11.4. The van der Waals surface area contributed by atoms with Gasteiger partial charge in [0.2, 0.25) is 5.91 Å². The van der Waals surface area contributed by atoms with Crippen LogP contribution in [0.1, 0.15) is 12.0 Å². The van der Waals surface area contributed by atoms with Crippen molar-refractivity contribution in [2.45, 2.75) is 19.9 Å². The Morgan fingerprint density at radius 2 is 1.76 bits per heavy atom. The van der Waals surface area contributed by atoms with Gasteiger partial charge >= 0.3 is 0 Å². The Morgan fingerprint density at radius 1 is 1.14 bits per heavy atom. The van der Waals surface area contributed by atoms with Gasteiger partial charge in [0, 0.05) is 17.8 Å². The zero-order valence-electron chi connectivity index (χ0n) is 12.2. The molecule has 0 aliphatic carbocycles. The topological polar surface area (TPSA) is 42.2 Å². The predicted molar refractivity (Wildman–Crippen MR) is 77.6 cm³/mol. The van der Waals surface area contributed by atoms with Crippen LogP contribution in [-0.2, 0) is 11.3 Å². The number of aromatic nitrogens is 1. The van der Waals surface area contributed by atoms with Crippen molar-refractivity contribution in [3.63, 3.8) is 0 Å². The smallest absolute Gasteiger partial charge is 0.230 e. The number of amides is 1. The lowest BCUT2D eigenvalue weighted by atomic mass is 10.3. The minimum absolute atomic E-state index is 0. The fourth-order valence-electron chi connectivity index (χ4n) is 1.81. The van der Waals surface area contributed by atoms with E-state index in [4.69, 9.17) is 4.74 Å². The van der Waals surface area contributed by atoms with Crippen molar-refractivity contribution in [1.29, 1.82) is 0 Å². The van der Waals surface area contributed by atoms with Crippen LogP contribution in [0.2, 0.25) is 0 Å². The number of hydrogen-bond acceptors (Lipinski definition) is 2. The molecule has 1 N–H and O–H groups in total. The SMILES string of the molecule is COc1ccc(NC(=O)CC[n+]2ccc(C)cc2)cc1.[Br-]. The van der Waals surface area contributed by atoms with Crippen LogP contribution in [0.5, 0.6) is 5.75 Å². The highest BCUT2D eigenvalue weighted by molar-refractivity contribution is 5.90. The van der Waals surface area contributed by atoms with E-state index in [1.54, 1.807) is 7.11 Å². The summed E-state index contributed by atoms with van der Waals surface area (Å²) in [6.07, 6.45) is 4.41. The first-order valence-electron chi connectivity index (χ1n) is 6.57. The van der Waals surface area contributed by atoms with Crippen LogP contribution in [0.3, 0.4) is 0 Å². The Bertz CT molecular complexity index is 568. The first kappa shape index (κ1) is 17.2. The van der Waals surface area contributed by atoms with Crippen molar-refractivity contribution < 1.29 is 31.1 Å². The van der Waals surface area contributed by atoms with Crippen LogP contribution >= 0.6 is 0 Å². The molecule has 0 aliphatic heterocycles. The van der Waals surface area contributed by atoms with Crippen LogP contribution in [0, 0.1) is 6.92 Å². The van der Waals surface area contributed by atoms with Gasteiger partial charge in [0.05, 0.1) is 13.5 Å². The molecule has 0 unspecified atom stereocenters. The Balaban J connectivity index is 0.00000220. The Labute approximate surface area is 135 Å². The molecule has 0 aliphatic rings. The van der Waals surface area contributed by atoms with E-state index in [2.05, 4.69) is 5.32 Å². The first-order chi connectivity index (χ1) is 9.67. The molecular formula is C16H19BrN2O2. The molecule has 0 saturated heterocycles. The van der Waals surface area contributed by atoms with Gasteiger partial charge in [0.1, 0.15) is 5.75 Å². The molecule has 1 heterocycles. The molecule has 21 heavy (non-hydrogen) atoms. The van der Waals surface area contributed by atoms with Gasteiger partial charge in [-0.3, -0.25) is 4.79 Å². The third-order valence-electron chi connectivity index (χ3n) is 3.03. The van der Waals surface area contributed by atoms with Gasteiger partial charge in [-0.15, -0.1) is 0 Å². The van der Waals surface area contributed by atoms with Crippen LogP contribution in [0.25, 0.3) is 0 Å². The number of rotatable bonds is 5. The van der Waals surface area contributed by atoms with Gasteiger partial charge in [-0.1, -0.05) is 0 Å². The molecule has 0 fully saturated rings. The molecular weight excluding hydrogens is 332 g/mol. The van der Waals surface area contributed by atoms with E-state index in [1.165, 1.54) is 5.56 Å². The molecule has 0 bridgehead atoms. The number of methoxy groups -OCH3 is 1. The molecule has 0 radical (unpaired) electrons. The summed E-state index contributed by atoms with van der Waals surface area (Å²) in [6.45, 7) is 2.71. The van der Waals surface area contributed by atoms with Crippen LogP contribution < -0.4 is 31.6 Å². The van der Waals surface area contributed by atoms with Gasteiger partial charge < -0.3 is 27.0 Å². The summed E-state index contributed by atoms with van der Waals surface area (Å²) in [7, 11) is 1.62. The number of anilines is 1. The summed E-state index contributed by atoms with van der Waals surface area (Å²) in [5.41, 5.74) is 1.99. The summed E-state index contributed by atoms with van der Waals surface area (Å²) in [5.74, 6) is 0.779. The van der Waals surface area contributed by atoms with Gasteiger partial charge in [0.15, 0.2) is 18.9 Å². The average Bonchev–Trinajstić information content (AvgIpc) is 2.47. The summed E-state index contributed by atoms with van der Waals surface area (Å²) in [5, 5.41) is 2.87. The van der Waals surface area contributed by atoms with Crippen molar-refractivity contribution in [2.24, 2.45) is 0 Å². The number of carbonyl (C=O) groups is 1. The minimum Gasteiger partial charge on any atom is -1.00 e. The molecule has 1 aromatic heterocycles. The zero-order chi connectivity index (χ0) is 14.4. The fourth-order valence-corrected chi connectivity index (χ4v) is 1.81. The third-order valence-corrected chi connectivity index (χ3v) is 3.03. The molecule has 2 aromatic rings. The number of ether oxygens (including phenoxy) is 1. The molecule has 0 saturated carbocycles. The van der Waals surface area contributed by atoms with Gasteiger partial charge in [0.25, 0.3) is 0 Å². The molecule has 5 heteroatoms. The van der Waals surface area contributed by atoms with E-state index in [9.17, 15) is 4.79 Å². The number of hydrogen-bond donors (Lipinski definition) is 1. The number of halogens is 1. The van der Waals surface area contributed by atoms with E-state index < -0.39 is 0 Å². The summed E-state index contributed by atoms with van der Waals surface area (Å²) >= 11 is 0. The van der Waals surface area contributed by atoms with Crippen molar-refractivity contribution in [3.8, 4) is 5.75 Å². The molecule has 1 aromatic carbocycles. The fraction of sp³-hybridized carbons (Fsp3) is 0.250. The van der Waals surface area contributed by atoms with Crippen molar-refractivity contribution in [2.75, 3.05) is 12.4 Å². The molecule has 4 nitrogen and oxygen atoms in total. The molecule has 1 amide bonds. The maximum Gasteiger partial charge on any atom is 0.230 e. The largest absolute Gasteiger partial charge is 1.00 e. The zero-order valence-corrected chi connectivity index (χ0v) is 13.8. The van der Waals surface area contributed by atoms with E-state index in [-0.39, 0.29) is 22.9 Å². The second-order valence-electron chi connectivity index (χ2n) is 4.64. The molecule has 112 valence electrons. The Kier molecular flexibility index (Phi) is 6.88. The van der Waals surface area contributed by atoms with Crippen molar-refractivity contribution >= 4 is 11.6 Å². The van der Waals surface area contributed by atoms with Crippen LogP contribution in [0.4, 0.5) is 5.69 Å². The lowest BCUT2D eigenvalue weighted by molar-refractivity contribution is -0.695. The second-order valence-corrected chi connectivity index (χ2v) is 4.64. The first-order valence-corrected chi connectivity index (χ1v) is 6.57. The quantitative estimate of drug-likeness (QED) is 0.726. The Hall–Kier alpha value is -1.88. The molecule has 2 rings (SSSR count). The Morgan fingerprint density at radius 3 is 2.33 bits per heavy atom. The third kappa shape index (κ3) is 5.55. The van der Waals surface area contributed by atoms with Crippen molar-refractivity contribution in [3.05, 3.63) is 54.4 Å². The second kappa shape index (κ2) is 8.42. The molecule has 0 atom stereocenters. The predicted octanol–water partition coefficient (Wildman–Crippen LogP) is -0.676. The minimum atomic E-state index is 0. The maximum absolute atomic E-state index is 11.9. The average molecular weight is 351 g/mol. The highest BCUT2D eigenvalue weighted by Gasteiger charge is 2.07. The van der Waals surface area contributed by atoms with Crippen molar-refractivity contribution in [1.82, 2.24) is 0 Å². The van der Waals surface area contributed by atoms with E-state index in [0.717, 1.165) is 11.4 Å².